The summed E-state index contributed by atoms with van der Waals surface area (Å²) in [5.41, 5.74) is 1.94. The third kappa shape index (κ3) is 4.76. The molecule has 130 valence electrons. The van der Waals surface area contributed by atoms with Gasteiger partial charge in [0.25, 0.3) is 0 Å². The van der Waals surface area contributed by atoms with Gasteiger partial charge in [0, 0.05) is 24.3 Å². The monoisotopic (exact) mass is 354 g/mol. The zero-order valence-electron chi connectivity index (χ0n) is 14.5. The fourth-order valence-corrected chi connectivity index (χ4v) is 3.43. The molecular weight excluding hydrogens is 332 g/mol. The number of hydrogen-bond acceptors (Lipinski definition) is 4. The van der Waals surface area contributed by atoms with Gasteiger partial charge < -0.3 is 9.88 Å². The summed E-state index contributed by atoms with van der Waals surface area (Å²) in [6, 6.07) is 10.1. The Morgan fingerprint density at radius 1 is 1.28 bits per heavy atom. The van der Waals surface area contributed by atoms with Gasteiger partial charge in [0.1, 0.15) is 5.82 Å². The number of benzene rings is 1. The van der Waals surface area contributed by atoms with Gasteiger partial charge >= 0.3 is 0 Å². The summed E-state index contributed by atoms with van der Waals surface area (Å²) in [6.45, 7) is 4.74. The summed E-state index contributed by atoms with van der Waals surface area (Å²) in [4.78, 5) is 21.1. The molecule has 1 N–H and O–H groups in total. The van der Waals surface area contributed by atoms with Crippen molar-refractivity contribution >= 4 is 17.2 Å². The maximum Gasteiger partial charge on any atom is 0.226 e. The first-order valence-electron chi connectivity index (χ1n) is 8.35. The van der Waals surface area contributed by atoms with Crippen LogP contribution in [0.2, 0.25) is 0 Å². The Hall–Kier alpha value is -2.47. The minimum absolute atomic E-state index is 0.00139. The van der Waals surface area contributed by atoms with Crippen LogP contribution in [0.5, 0.6) is 0 Å². The minimum Gasteiger partial charge on any atom is -0.349 e. The van der Waals surface area contributed by atoms with Crippen molar-refractivity contribution in [1.82, 2.24) is 19.9 Å². The van der Waals surface area contributed by atoms with Crippen molar-refractivity contribution in [3.05, 3.63) is 70.2 Å². The van der Waals surface area contributed by atoms with Gasteiger partial charge in [0.2, 0.25) is 5.91 Å². The van der Waals surface area contributed by atoms with E-state index in [1.807, 2.05) is 43.6 Å². The first kappa shape index (κ1) is 17.4. The molecule has 25 heavy (non-hydrogen) atoms. The van der Waals surface area contributed by atoms with Crippen molar-refractivity contribution in [2.24, 2.45) is 0 Å². The highest BCUT2D eigenvalue weighted by Gasteiger charge is 2.16. The number of thiazole rings is 1. The van der Waals surface area contributed by atoms with E-state index < -0.39 is 0 Å². The largest absolute Gasteiger partial charge is 0.349 e. The Labute approximate surface area is 151 Å². The van der Waals surface area contributed by atoms with E-state index >= 15 is 0 Å². The summed E-state index contributed by atoms with van der Waals surface area (Å²) in [5.74, 6) is 0.984. The molecule has 3 rings (SSSR count). The second-order valence-electron chi connectivity index (χ2n) is 6.02. The molecule has 0 bridgehead atoms. The van der Waals surface area contributed by atoms with Gasteiger partial charge in [-0.2, -0.15) is 0 Å². The molecule has 0 aliphatic heterocycles. The molecule has 0 saturated carbocycles. The lowest BCUT2D eigenvalue weighted by atomic mass is 10.0. The normalized spacial score (nSPS) is 12.1. The van der Waals surface area contributed by atoms with Crippen LogP contribution in [0.15, 0.2) is 48.1 Å². The van der Waals surface area contributed by atoms with Crippen LogP contribution in [-0.2, 0) is 17.8 Å². The SMILES string of the molecule is Cc1nc(CC(=O)N[C@H](CCn2ccnc2C)c2ccccc2)cs1. The number of amides is 1. The Morgan fingerprint density at radius 2 is 2.08 bits per heavy atom. The van der Waals surface area contributed by atoms with Crippen LogP contribution in [0, 0.1) is 13.8 Å². The Kier molecular flexibility index (Phi) is 5.60. The molecule has 0 fully saturated rings. The number of hydrogen-bond donors (Lipinski definition) is 1. The molecule has 1 aromatic carbocycles. The van der Waals surface area contributed by atoms with Crippen LogP contribution in [0.3, 0.4) is 0 Å². The van der Waals surface area contributed by atoms with Crippen LogP contribution in [0.1, 0.15) is 34.6 Å². The van der Waals surface area contributed by atoms with Crippen LogP contribution < -0.4 is 5.32 Å². The maximum atomic E-state index is 12.5. The van der Waals surface area contributed by atoms with Crippen LogP contribution >= 0.6 is 11.3 Å². The van der Waals surface area contributed by atoms with Crippen molar-refractivity contribution in [1.29, 1.82) is 0 Å². The van der Waals surface area contributed by atoms with Crippen molar-refractivity contribution in [2.45, 2.75) is 39.3 Å². The summed E-state index contributed by atoms with van der Waals surface area (Å²) in [7, 11) is 0. The van der Waals surface area contributed by atoms with Gasteiger partial charge in [-0.25, -0.2) is 9.97 Å². The number of carbonyl (C=O) groups excluding carboxylic acids is 1. The zero-order valence-corrected chi connectivity index (χ0v) is 15.3. The molecule has 1 atom stereocenters. The lowest BCUT2D eigenvalue weighted by Crippen LogP contribution is -2.30. The molecule has 5 nitrogen and oxygen atoms in total. The molecule has 0 aliphatic rings. The quantitative estimate of drug-likeness (QED) is 0.707. The number of nitrogens with zero attached hydrogens (tertiary/aromatic N) is 3. The summed E-state index contributed by atoms with van der Waals surface area (Å²) in [5, 5.41) is 6.09. The highest BCUT2D eigenvalue weighted by atomic mass is 32.1. The van der Waals surface area contributed by atoms with Gasteiger partial charge in [-0.3, -0.25) is 4.79 Å². The predicted molar refractivity (Wildman–Crippen MR) is 99.5 cm³/mol. The molecule has 2 aromatic heterocycles. The molecule has 0 radical (unpaired) electrons. The highest BCUT2D eigenvalue weighted by molar-refractivity contribution is 7.09. The van der Waals surface area contributed by atoms with Crippen molar-refractivity contribution in [2.75, 3.05) is 0 Å². The standard InChI is InChI=1S/C19H22N4OS/c1-14-20-9-11-23(14)10-8-18(16-6-4-3-5-7-16)22-19(24)12-17-13-25-15(2)21-17/h3-7,9,11,13,18H,8,10,12H2,1-2H3,(H,22,24)/t18-/m1/s1. The molecule has 0 aliphatic carbocycles. The van der Waals surface area contributed by atoms with E-state index in [0.717, 1.165) is 35.1 Å². The smallest absolute Gasteiger partial charge is 0.226 e. The number of carbonyl (C=O) groups is 1. The molecule has 1 amide bonds. The average Bonchev–Trinajstić information content (AvgIpc) is 3.20. The molecule has 0 spiro atoms. The van der Waals surface area contributed by atoms with E-state index in [1.165, 1.54) is 0 Å². The van der Waals surface area contributed by atoms with E-state index in [1.54, 1.807) is 17.5 Å². The fourth-order valence-electron chi connectivity index (χ4n) is 2.82. The second kappa shape index (κ2) is 8.07. The lowest BCUT2D eigenvalue weighted by molar-refractivity contribution is -0.121. The first-order valence-corrected chi connectivity index (χ1v) is 9.23. The average molecular weight is 354 g/mol. The summed E-state index contributed by atoms with van der Waals surface area (Å²) >= 11 is 1.57. The van der Waals surface area contributed by atoms with Gasteiger partial charge in [-0.15, -0.1) is 11.3 Å². The fraction of sp³-hybridized carbons (Fsp3) is 0.316. The van der Waals surface area contributed by atoms with E-state index in [-0.39, 0.29) is 11.9 Å². The van der Waals surface area contributed by atoms with Gasteiger partial charge in [0.15, 0.2) is 0 Å². The van der Waals surface area contributed by atoms with E-state index in [2.05, 4.69) is 32.0 Å². The van der Waals surface area contributed by atoms with Crippen molar-refractivity contribution in [3.63, 3.8) is 0 Å². The Balaban J connectivity index is 1.67. The molecule has 0 saturated heterocycles. The zero-order chi connectivity index (χ0) is 17.6. The maximum absolute atomic E-state index is 12.5. The summed E-state index contributed by atoms with van der Waals surface area (Å²) < 4.78 is 2.10. The predicted octanol–water partition coefficient (Wildman–Crippen LogP) is 3.45. The molecule has 0 unspecified atom stereocenters. The van der Waals surface area contributed by atoms with Crippen molar-refractivity contribution in [3.8, 4) is 0 Å². The number of imidazole rings is 1. The number of aromatic nitrogens is 3. The molecule has 2 heterocycles. The third-order valence-electron chi connectivity index (χ3n) is 4.13. The third-order valence-corrected chi connectivity index (χ3v) is 4.95. The van der Waals surface area contributed by atoms with E-state index in [0.29, 0.717) is 6.42 Å². The number of nitrogens with one attached hydrogen (secondary N) is 1. The van der Waals surface area contributed by atoms with E-state index in [9.17, 15) is 4.79 Å². The minimum atomic E-state index is -0.0322. The number of rotatable bonds is 7. The second-order valence-corrected chi connectivity index (χ2v) is 7.08. The Bertz CT molecular complexity index is 825. The lowest BCUT2D eigenvalue weighted by Gasteiger charge is -2.20. The topological polar surface area (TPSA) is 59.8 Å². The van der Waals surface area contributed by atoms with Crippen molar-refractivity contribution < 1.29 is 4.79 Å². The van der Waals surface area contributed by atoms with Gasteiger partial charge in [0.05, 0.1) is 23.2 Å². The van der Waals surface area contributed by atoms with Crippen LogP contribution in [-0.4, -0.2) is 20.4 Å². The summed E-state index contributed by atoms with van der Waals surface area (Å²) in [6.07, 6.45) is 4.90. The van der Waals surface area contributed by atoms with Crippen LogP contribution in [0.25, 0.3) is 0 Å². The molecular formula is C19H22N4OS. The highest BCUT2D eigenvalue weighted by Crippen LogP contribution is 2.18. The van der Waals surface area contributed by atoms with Crippen LogP contribution in [0.4, 0.5) is 0 Å². The van der Waals surface area contributed by atoms with Gasteiger partial charge in [-0.05, 0) is 25.8 Å². The van der Waals surface area contributed by atoms with Gasteiger partial charge in [-0.1, -0.05) is 30.3 Å². The first-order chi connectivity index (χ1) is 12.1. The number of aryl methyl sites for hydroxylation is 3. The molecule has 3 aromatic rings. The molecule has 6 heteroatoms. The Morgan fingerprint density at radius 3 is 2.72 bits per heavy atom. The van der Waals surface area contributed by atoms with E-state index in [4.69, 9.17) is 0 Å².